The van der Waals surface area contributed by atoms with Crippen LogP contribution in [-0.4, -0.2) is 60.2 Å². The van der Waals surface area contributed by atoms with Gasteiger partial charge in [0.05, 0.1) is 0 Å². The summed E-state index contributed by atoms with van der Waals surface area (Å²) in [6, 6.07) is 0.00992. The second-order valence-electron chi connectivity index (χ2n) is 6.26. The van der Waals surface area contributed by atoms with Gasteiger partial charge >= 0.3 is 12.1 Å². The third-order valence-corrected chi connectivity index (χ3v) is 3.36. The van der Waals surface area contributed by atoms with Gasteiger partial charge in [-0.15, -0.1) is 0 Å². The zero-order chi connectivity index (χ0) is 14.0. The molecule has 108 valence electrons. The Morgan fingerprint density at radius 3 is 2.74 bits per heavy atom. The maximum atomic E-state index is 11.9. The van der Waals surface area contributed by atoms with Gasteiger partial charge in [-0.1, -0.05) is 0 Å². The molecular formula is C13H23N3O3. The minimum absolute atomic E-state index is 0.00992. The van der Waals surface area contributed by atoms with Crippen molar-refractivity contribution < 1.29 is 14.3 Å². The second kappa shape index (κ2) is 5.27. The van der Waals surface area contributed by atoms with Crippen molar-refractivity contribution in [3.05, 3.63) is 0 Å². The first kappa shape index (κ1) is 14.0. The molecule has 2 aliphatic heterocycles. The summed E-state index contributed by atoms with van der Waals surface area (Å²) < 4.78 is 5.36. The molecule has 2 fully saturated rings. The van der Waals surface area contributed by atoms with E-state index >= 15 is 0 Å². The smallest absolute Gasteiger partial charge is 0.410 e. The monoisotopic (exact) mass is 269 g/mol. The Bertz CT molecular complexity index is 365. The molecule has 0 aliphatic carbocycles. The Balaban J connectivity index is 1.79. The number of urea groups is 1. The van der Waals surface area contributed by atoms with E-state index < -0.39 is 5.60 Å². The van der Waals surface area contributed by atoms with Gasteiger partial charge in [-0.05, 0) is 33.1 Å². The molecule has 0 radical (unpaired) electrons. The first-order valence-corrected chi connectivity index (χ1v) is 6.86. The fraction of sp³-hybridized carbons (Fsp3) is 0.846. The molecule has 2 heterocycles. The Morgan fingerprint density at radius 1 is 1.42 bits per heavy atom. The molecule has 0 saturated carbocycles. The van der Waals surface area contributed by atoms with Gasteiger partial charge in [-0.2, -0.15) is 0 Å². The molecular weight excluding hydrogens is 246 g/mol. The fourth-order valence-electron chi connectivity index (χ4n) is 2.47. The molecule has 0 bridgehead atoms. The molecule has 3 amide bonds. The van der Waals surface area contributed by atoms with E-state index in [0.29, 0.717) is 12.5 Å². The van der Waals surface area contributed by atoms with Crippen LogP contribution in [0.25, 0.3) is 0 Å². The molecule has 6 nitrogen and oxygen atoms in total. The third kappa shape index (κ3) is 3.75. The van der Waals surface area contributed by atoms with E-state index in [2.05, 4.69) is 5.32 Å². The van der Waals surface area contributed by atoms with Crippen LogP contribution in [0, 0.1) is 5.92 Å². The molecule has 2 rings (SSSR count). The SMILES string of the molecule is CC(C)(C)OC(=O)N1CCC(CN2CCNC2=O)C1. The Labute approximate surface area is 114 Å². The number of hydrogen-bond donors (Lipinski definition) is 1. The lowest BCUT2D eigenvalue weighted by molar-refractivity contribution is 0.0287. The van der Waals surface area contributed by atoms with Gasteiger partial charge in [0.25, 0.3) is 0 Å². The van der Waals surface area contributed by atoms with Gasteiger partial charge in [-0.25, -0.2) is 9.59 Å². The van der Waals surface area contributed by atoms with Crippen molar-refractivity contribution in [2.75, 3.05) is 32.7 Å². The zero-order valence-electron chi connectivity index (χ0n) is 11.9. The molecule has 0 aromatic heterocycles. The number of amides is 3. The highest BCUT2D eigenvalue weighted by atomic mass is 16.6. The fourth-order valence-corrected chi connectivity index (χ4v) is 2.47. The minimum atomic E-state index is -0.454. The highest BCUT2D eigenvalue weighted by molar-refractivity contribution is 5.76. The van der Waals surface area contributed by atoms with Gasteiger partial charge in [0.1, 0.15) is 5.60 Å². The first-order chi connectivity index (χ1) is 8.85. The molecule has 1 unspecified atom stereocenters. The van der Waals surface area contributed by atoms with E-state index in [-0.39, 0.29) is 12.1 Å². The van der Waals surface area contributed by atoms with Gasteiger partial charge in [-0.3, -0.25) is 0 Å². The number of carbonyl (C=O) groups excluding carboxylic acids is 2. The maximum Gasteiger partial charge on any atom is 0.410 e. The number of ether oxygens (including phenoxy) is 1. The van der Waals surface area contributed by atoms with Crippen LogP contribution in [0.15, 0.2) is 0 Å². The number of hydrogen-bond acceptors (Lipinski definition) is 3. The summed E-state index contributed by atoms with van der Waals surface area (Å²) >= 11 is 0. The number of rotatable bonds is 2. The van der Waals surface area contributed by atoms with Crippen molar-refractivity contribution in [2.45, 2.75) is 32.8 Å². The average molecular weight is 269 g/mol. The number of nitrogens with one attached hydrogen (secondary N) is 1. The molecule has 2 saturated heterocycles. The Morgan fingerprint density at radius 2 is 2.16 bits per heavy atom. The third-order valence-electron chi connectivity index (χ3n) is 3.36. The minimum Gasteiger partial charge on any atom is -0.444 e. The molecule has 1 N–H and O–H groups in total. The van der Waals surface area contributed by atoms with Crippen molar-refractivity contribution in [3.63, 3.8) is 0 Å². The van der Waals surface area contributed by atoms with E-state index in [1.54, 1.807) is 4.90 Å². The molecule has 2 aliphatic rings. The highest BCUT2D eigenvalue weighted by Gasteiger charge is 2.32. The first-order valence-electron chi connectivity index (χ1n) is 6.86. The second-order valence-corrected chi connectivity index (χ2v) is 6.26. The quantitative estimate of drug-likeness (QED) is 0.821. The summed E-state index contributed by atoms with van der Waals surface area (Å²) in [5, 5.41) is 2.79. The van der Waals surface area contributed by atoms with E-state index in [0.717, 1.165) is 32.6 Å². The van der Waals surface area contributed by atoms with Gasteiger partial charge in [0.15, 0.2) is 0 Å². The van der Waals surface area contributed by atoms with Gasteiger partial charge in [0.2, 0.25) is 0 Å². The predicted molar refractivity (Wildman–Crippen MR) is 70.9 cm³/mol. The van der Waals surface area contributed by atoms with E-state index in [9.17, 15) is 9.59 Å². The largest absolute Gasteiger partial charge is 0.444 e. The van der Waals surface area contributed by atoms with Gasteiger partial charge in [0, 0.05) is 32.7 Å². The average Bonchev–Trinajstić information content (AvgIpc) is 2.87. The number of nitrogens with zero attached hydrogens (tertiary/aromatic N) is 2. The summed E-state index contributed by atoms with van der Waals surface area (Å²) in [7, 11) is 0. The van der Waals surface area contributed by atoms with Crippen LogP contribution in [0.2, 0.25) is 0 Å². The predicted octanol–water partition coefficient (Wildman–Crippen LogP) is 1.27. The summed E-state index contributed by atoms with van der Waals surface area (Å²) in [6.07, 6.45) is 0.684. The zero-order valence-corrected chi connectivity index (χ0v) is 11.9. The van der Waals surface area contributed by atoms with Crippen LogP contribution in [0.4, 0.5) is 9.59 Å². The van der Waals surface area contributed by atoms with Crippen molar-refractivity contribution in [3.8, 4) is 0 Å². The molecule has 0 aromatic rings. The standard InChI is InChI=1S/C13H23N3O3/c1-13(2,3)19-12(18)16-6-4-10(9-16)8-15-7-5-14-11(15)17/h10H,4-9H2,1-3H3,(H,14,17). The lowest BCUT2D eigenvalue weighted by Crippen LogP contribution is -2.37. The van der Waals surface area contributed by atoms with Crippen molar-refractivity contribution in [2.24, 2.45) is 5.92 Å². The van der Waals surface area contributed by atoms with Gasteiger partial charge < -0.3 is 19.9 Å². The molecule has 0 aromatic carbocycles. The van der Waals surface area contributed by atoms with E-state index in [1.165, 1.54) is 0 Å². The van der Waals surface area contributed by atoms with Crippen LogP contribution < -0.4 is 5.32 Å². The number of carbonyl (C=O) groups is 2. The van der Waals surface area contributed by atoms with Crippen LogP contribution in [0.1, 0.15) is 27.2 Å². The van der Waals surface area contributed by atoms with Crippen molar-refractivity contribution in [1.82, 2.24) is 15.1 Å². The van der Waals surface area contributed by atoms with Crippen molar-refractivity contribution >= 4 is 12.1 Å². The van der Waals surface area contributed by atoms with E-state index in [1.807, 2.05) is 25.7 Å². The lowest BCUT2D eigenvalue weighted by Gasteiger charge is -2.25. The topological polar surface area (TPSA) is 61.9 Å². The van der Waals surface area contributed by atoms with Crippen LogP contribution in [-0.2, 0) is 4.74 Å². The Kier molecular flexibility index (Phi) is 3.87. The highest BCUT2D eigenvalue weighted by Crippen LogP contribution is 2.20. The van der Waals surface area contributed by atoms with Crippen molar-refractivity contribution in [1.29, 1.82) is 0 Å². The summed E-state index contributed by atoms with van der Waals surface area (Å²) in [5.74, 6) is 0.358. The van der Waals surface area contributed by atoms with Crippen LogP contribution >= 0.6 is 0 Å². The summed E-state index contributed by atoms with van der Waals surface area (Å²) in [5.41, 5.74) is -0.454. The van der Waals surface area contributed by atoms with Crippen LogP contribution in [0.3, 0.4) is 0 Å². The molecule has 19 heavy (non-hydrogen) atoms. The lowest BCUT2D eigenvalue weighted by atomic mass is 10.1. The normalized spacial score (nSPS) is 23.7. The summed E-state index contributed by atoms with van der Waals surface area (Å²) in [6.45, 7) is 9.22. The Hall–Kier alpha value is -1.46. The van der Waals surface area contributed by atoms with Crippen LogP contribution in [0.5, 0.6) is 0 Å². The maximum absolute atomic E-state index is 11.9. The molecule has 6 heteroatoms. The van der Waals surface area contributed by atoms with E-state index in [4.69, 9.17) is 4.74 Å². The summed E-state index contributed by atoms with van der Waals surface area (Å²) in [4.78, 5) is 27.0. The molecule has 1 atom stereocenters. The number of likely N-dealkylation sites (tertiary alicyclic amines) is 1. The molecule has 0 spiro atoms.